The fraction of sp³-hybridized carbons (Fsp3) is 0.500. The van der Waals surface area contributed by atoms with Crippen molar-refractivity contribution in [1.29, 1.82) is 0 Å². The van der Waals surface area contributed by atoms with E-state index in [0.717, 1.165) is 11.3 Å². The highest BCUT2D eigenvalue weighted by Crippen LogP contribution is 2.20. The minimum Gasteiger partial charge on any atom is -0.444 e. The summed E-state index contributed by atoms with van der Waals surface area (Å²) in [5, 5.41) is 5.79. The van der Waals surface area contributed by atoms with Crippen molar-refractivity contribution in [2.24, 2.45) is 0 Å². The maximum Gasteiger partial charge on any atom is 0.413 e. The standard InChI is InChI=1S/C14H21N3O3S/c1-10(18)15-8-6-5-7-11-9-16-12(21-11)17-13(19)20-14(2,3)4/h5,7,9H,6,8H2,1-4H3,(H,15,18)(H,16,17,19). The van der Waals surface area contributed by atoms with Crippen molar-refractivity contribution in [3.05, 3.63) is 17.2 Å². The maximum atomic E-state index is 11.6. The minimum absolute atomic E-state index is 0.0370. The van der Waals surface area contributed by atoms with Crippen LogP contribution in [-0.2, 0) is 9.53 Å². The van der Waals surface area contributed by atoms with Crippen LogP contribution >= 0.6 is 11.3 Å². The molecule has 1 heterocycles. The number of rotatable bonds is 5. The van der Waals surface area contributed by atoms with Crippen LogP contribution in [0.3, 0.4) is 0 Å². The molecular weight excluding hydrogens is 290 g/mol. The van der Waals surface area contributed by atoms with Crippen LogP contribution in [0.15, 0.2) is 12.3 Å². The average Bonchev–Trinajstić information content (AvgIpc) is 2.73. The number of carbonyl (C=O) groups excluding carboxylic acids is 2. The molecule has 0 aliphatic heterocycles. The molecule has 0 saturated carbocycles. The second-order valence-electron chi connectivity index (χ2n) is 5.37. The molecule has 0 aromatic carbocycles. The molecule has 21 heavy (non-hydrogen) atoms. The summed E-state index contributed by atoms with van der Waals surface area (Å²) in [5.74, 6) is -0.0370. The van der Waals surface area contributed by atoms with Crippen molar-refractivity contribution < 1.29 is 14.3 Å². The van der Waals surface area contributed by atoms with E-state index in [1.165, 1.54) is 18.3 Å². The molecule has 0 atom stereocenters. The number of anilines is 1. The minimum atomic E-state index is -0.534. The van der Waals surface area contributed by atoms with Gasteiger partial charge in [0.1, 0.15) is 5.60 Å². The van der Waals surface area contributed by atoms with Crippen LogP contribution in [0.5, 0.6) is 0 Å². The molecule has 0 aliphatic rings. The van der Waals surface area contributed by atoms with Gasteiger partial charge in [-0.2, -0.15) is 0 Å². The molecule has 0 fully saturated rings. The summed E-state index contributed by atoms with van der Waals surface area (Å²) in [4.78, 5) is 27.3. The van der Waals surface area contributed by atoms with E-state index in [9.17, 15) is 9.59 Å². The zero-order valence-electron chi connectivity index (χ0n) is 12.7. The molecule has 0 radical (unpaired) electrons. The molecule has 7 heteroatoms. The summed E-state index contributed by atoms with van der Waals surface area (Å²) in [7, 11) is 0. The van der Waals surface area contributed by atoms with Crippen molar-refractivity contribution in [3.8, 4) is 0 Å². The van der Waals surface area contributed by atoms with E-state index in [1.54, 1.807) is 27.0 Å². The number of amides is 2. The van der Waals surface area contributed by atoms with Gasteiger partial charge >= 0.3 is 6.09 Å². The molecule has 0 spiro atoms. The number of nitrogens with one attached hydrogen (secondary N) is 2. The summed E-state index contributed by atoms with van der Waals surface area (Å²) < 4.78 is 5.14. The number of aromatic nitrogens is 1. The molecular formula is C14H21N3O3S. The van der Waals surface area contributed by atoms with Crippen molar-refractivity contribution in [2.75, 3.05) is 11.9 Å². The van der Waals surface area contributed by atoms with Crippen LogP contribution in [0.25, 0.3) is 6.08 Å². The van der Waals surface area contributed by atoms with Crippen LogP contribution in [0.1, 0.15) is 39.0 Å². The Morgan fingerprint density at radius 2 is 2.14 bits per heavy atom. The first kappa shape index (κ1) is 17.2. The Balaban J connectivity index is 2.41. The molecule has 0 bridgehead atoms. The number of hydrogen-bond acceptors (Lipinski definition) is 5. The molecule has 1 rings (SSSR count). The van der Waals surface area contributed by atoms with Gasteiger partial charge in [-0.15, -0.1) is 0 Å². The highest BCUT2D eigenvalue weighted by atomic mass is 32.1. The molecule has 0 unspecified atom stereocenters. The molecule has 0 saturated heterocycles. The molecule has 1 aromatic rings. The molecule has 2 N–H and O–H groups in total. The van der Waals surface area contributed by atoms with Gasteiger partial charge in [-0.05, 0) is 33.3 Å². The summed E-state index contributed by atoms with van der Waals surface area (Å²) in [6, 6.07) is 0. The maximum absolute atomic E-state index is 11.6. The monoisotopic (exact) mass is 311 g/mol. The van der Waals surface area contributed by atoms with Gasteiger partial charge in [0.15, 0.2) is 5.13 Å². The molecule has 0 aliphatic carbocycles. The Kier molecular flexibility index (Phi) is 6.36. The predicted molar refractivity (Wildman–Crippen MR) is 84.3 cm³/mol. The summed E-state index contributed by atoms with van der Waals surface area (Å²) in [5.41, 5.74) is -0.534. The zero-order valence-corrected chi connectivity index (χ0v) is 13.5. The Morgan fingerprint density at radius 3 is 2.76 bits per heavy atom. The van der Waals surface area contributed by atoms with E-state index in [0.29, 0.717) is 11.7 Å². The third-order valence-corrected chi connectivity index (χ3v) is 2.98. The lowest BCUT2D eigenvalue weighted by Crippen LogP contribution is -2.27. The first-order valence-electron chi connectivity index (χ1n) is 6.63. The summed E-state index contributed by atoms with van der Waals surface area (Å²) >= 11 is 1.35. The second kappa shape index (κ2) is 7.78. The van der Waals surface area contributed by atoms with E-state index in [-0.39, 0.29) is 5.91 Å². The SMILES string of the molecule is CC(=O)NCCC=Cc1cnc(NC(=O)OC(C)(C)C)s1. The van der Waals surface area contributed by atoms with Crippen LogP contribution in [0.2, 0.25) is 0 Å². The highest BCUT2D eigenvalue weighted by molar-refractivity contribution is 7.16. The topological polar surface area (TPSA) is 80.3 Å². The van der Waals surface area contributed by atoms with E-state index >= 15 is 0 Å². The van der Waals surface area contributed by atoms with E-state index in [2.05, 4.69) is 15.6 Å². The Morgan fingerprint density at radius 1 is 1.43 bits per heavy atom. The number of carbonyl (C=O) groups is 2. The smallest absolute Gasteiger partial charge is 0.413 e. The fourth-order valence-corrected chi connectivity index (χ4v) is 2.08. The van der Waals surface area contributed by atoms with E-state index < -0.39 is 11.7 Å². The van der Waals surface area contributed by atoms with Crippen molar-refractivity contribution in [1.82, 2.24) is 10.3 Å². The lowest BCUT2D eigenvalue weighted by molar-refractivity contribution is -0.118. The summed E-state index contributed by atoms with van der Waals surface area (Å²) in [6.07, 6.45) is 5.75. The van der Waals surface area contributed by atoms with Gasteiger partial charge in [0.05, 0.1) is 0 Å². The quantitative estimate of drug-likeness (QED) is 0.819. The average molecular weight is 311 g/mol. The van der Waals surface area contributed by atoms with Gasteiger partial charge in [0.25, 0.3) is 0 Å². The van der Waals surface area contributed by atoms with Crippen LogP contribution < -0.4 is 10.6 Å². The number of hydrogen-bond donors (Lipinski definition) is 2. The summed E-state index contributed by atoms with van der Waals surface area (Å²) in [6.45, 7) is 7.50. The van der Waals surface area contributed by atoms with Crippen LogP contribution in [-0.4, -0.2) is 29.1 Å². The predicted octanol–water partition coefficient (Wildman–Crippen LogP) is 3.03. The largest absolute Gasteiger partial charge is 0.444 e. The number of nitrogens with zero attached hydrogens (tertiary/aromatic N) is 1. The number of thiazole rings is 1. The van der Waals surface area contributed by atoms with Crippen LogP contribution in [0, 0.1) is 0 Å². The van der Waals surface area contributed by atoms with Gasteiger partial charge in [0.2, 0.25) is 5.91 Å². The van der Waals surface area contributed by atoms with Gasteiger partial charge in [-0.1, -0.05) is 17.4 Å². The normalized spacial score (nSPS) is 11.4. The van der Waals surface area contributed by atoms with Gasteiger partial charge in [-0.3, -0.25) is 10.1 Å². The van der Waals surface area contributed by atoms with Gasteiger partial charge in [0, 0.05) is 24.5 Å². The Hall–Kier alpha value is -1.89. The third kappa shape index (κ3) is 8.09. The molecule has 116 valence electrons. The molecule has 1 aromatic heterocycles. The van der Waals surface area contributed by atoms with Crippen molar-refractivity contribution in [2.45, 2.75) is 39.7 Å². The molecule has 2 amide bonds. The van der Waals surface area contributed by atoms with Gasteiger partial charge in [-0.25, -0.2) is 9.78 Å². The molecule has 6 nitrogen and oxygen atoms in total. The first-order valence-corrected chi connectivity index (χ1v) is 7.45. The lowest BCUT2D eigenvalue weighted by Gasteiger charge is -2.18. The van der Waals surface area contributed by atoms with E-state index in [4.69, 9.17) is 4.74 Å². The Labute approximate surface area is 128 Å². The first-order chi connectivity index (χ1) is 9.76. The number of ether oxygens (including phenoxy) is 1. The Bertz CT molecular complexity index is 518. The zero-order chi connectivity index (χ0) is 15.9. The van der Waals surface area contributed by atoms with E-state index in [1.807, 2.05) is 12.2 Å². The van der Waals surface area contributed by atoms with Crippen LogP contribution in [0.4, 0.5) is 9.93 Å². The van der Waals surface area contributed by atoms with Crippen molar-refractivity contribution >= 4 is 34.5 Å². The highest BCUT2D eigenvalue weighted by Gasteiger charge is 2.16. The lowest BCUT2D eigenvalue weighted by atomic mass is 10.2. The fourth-order valence-electron chi connectivity index (χ4n) is 1.34. The van der Waals surface area contributed by atoms with Gasteiger partial charge < -0.3 is 10.1 Å². The third-order valence-electron chi connectivity index (χ3n) is 2.10. The van der Waals surface area contributed by atoms with Crippen molar-refractivity contribution in [3.63, 3.8) is 0 Å². The second-order valence-corrected chi connectivity index (χ2v) is 6.43.